The molecule has 0 N–H and O–H groups in total. The van der Waals surface area contributed by atoms with E-state index in [9.17, 15) is 4.79 Å². The van der Waals surface area contributed by atoms with Gasteiger partial charge in [0.15, 0.2) is 0 Å². The van der Waals surface area contributed by atoms with Crippen molar-refractivity contribution in [2.24, 2.45) is 0 Å². The Bertz CT molecular complexity index is 419. The van der Waals surface area contributed by atoms with Crippen molar-refractivity contribution >= 4 is 23.5 Å². The van der Waals surface area contributed by atoms with E-state index in [4.69, 9.17) is 11.6 Å². The van der Waals surface area contributed by atoms with Gasteiger partial charge in [-0.3, -0.25) is 0 Å². The second kappa shape index (κ2) is 4.03. The van der Waals surface area contributed by atoms with Gasteiger partial charge in [-0.1, -0.05) is 48.6 Å². The number of allylic oxidation sites excluding steroid dienone is 4. The van der Waals surface area contributed by atoms with Crippen molar-refractivity contribution in [3.63, 3.8) is 0 Å². The highest BCUT2D eigenvalue weighted by Gasteiger charge is 2.26. The van der Waals surface area contributed by atoms with E-state index in [0.717, 1.165) is 17.4 Å². The van der Waals surface area contributed by atoms with E-state index in [1.165, 1.54) is 0 Å². The average Bonchev–Trinajstić information content (AvgIpc) is 2.30. The van der Waals surface area contributed by atoms with Gasteiger partial charge in [-0.05, 0) is 11.1 Å². The van der Waals surface area contributed by atoms with Crippen LogP contribution in [0.4, 0.5) is 0 Å². The molecule has 1 aromatic carbocycles. The van der Waals surface area contributed by atoms with Crippen molar-refractivity contribution in [1.29, 1.82) is 0 Å². The molecule has 0 aromatic heterocycles. The first kappa shape index (κ1) is 10.2. The number of halogens is 1. The van der Waals surface area contributed by atoms with Crippen LogP contribution in [0.1, 0.15) is 12.0 Å². The van der Waals surface area contributed by atoms with Gasteiger partial charge in [0.25, 0.3) is 0 Å². The molecule has 0 fully saturated rings. The van der Waals surface area contributed by atoms with Crippen LogP contribution < -0.4 is 0 Å². The second-order valence-electron chi connectivity index (χ2n) is 3.64. The minimum atomic E-state index is -0.861. The third kappa shape index (κ3) is 2.18. The summed E-state index contributed by atoms with van der Waals surface area (Å²) in [5.74, 6) is 0. The number of benzene rings is 1. The smallest absolute Gasteiger partial charge is 0.145 e. The quantitative estimate of drug-likeness (QED) is 0.550. The molecule has 0 heterocycles. The Hall–Kier alpha value is -1.34. The number of carbonyl (C=O) groups is 1. The summed E-state index contributed by atoms with van der Waals surface area (Å²) in [6.07, 6.45) is 6.92. The normalized spacial score (nSPS) is 24.7. The molecular weight excluding hydrogens is 208 g/mol. The first-order valence-electron chi connectivity index (χ1n) is 4.83. The van der Waals surface area contributed by atoms with Crippen LogP contribution in [-0.4, -0.2) is 11.2 Å². The van der Waals surface area contributed by atoms with Crippen LogP contribution in [-0.2, 0) is 4.79 Å². The van der Waals surface area contributed by atoms with E-state index in [1.54, 1.807) is 6.08 Å². The summed E-state index contributed by atoms with van der Waals surface area (Å²) in [6.45, 7) is 0. The van der Waals surface area contributed by atoms with Crippen LogP contribution in [0, 0.1) is 0 Å². The predicted octanol–water partition coefficient (Wildman–Crippen LogP) is 3.21. The fraction of sp³-hybridized carbons (Fsp3) is 0.154. The van der Waals surface area contributed by atoms with Gasteiger partial charge in [0.05, 0.1) is 0 Å². The maximum atomic E-state index is 10.8. The van der Waals surface area contributed by atoms with Crippen LogP contribution in [0.3, 0.4) is 0 Å². The maximum Gasteiger partial charge on any atom is 0.145 e. The highest BCUT2D eigenvalue weighted by molar-refractivity contribution is 6.34. The van der Waals surface area contributed by atoms with E-state index >= 15 is 0 Å². The molecule has 0 aliphatic heterocycles. The van der Waals surface area contributed by atoms with Gasteiger partial charge in [-0.15, -0.1) is 11.6 Å². The number of rotatable bonds is 2. The number of aldehydes is 1. The third-order valence-electron chi connectivity index (χ3n) is 2.47. The fourth-order valence-corrected chi connectivity index (χ4v) is 1.88. The van der Waals surface area contributed by atoms with E-state index in [1.807, 2.05) is 42.5 Å². The van der Waals surface area contributed by atoms with E-state index in [2.05, 4.69) is 0 Å². The molecule has 2 rings (SSSR count). The molecule has 2 heteroatoms. The van der Waals surface area contributed by atoms with Gasteiger partial charge in [-0.25, -0.2) is 0 Å². The highest BCUT2D eigenvalue weighted by atomic mass is 35.5. The molecule has 0 amide bonds. The lowest BCUT2D eigenvalue weighted by molar-refractivity contribution is -0.109. The largest absolute Gasteiger partial charge is 0.301 e. The van der Waals surface area contributed by atoms with Crippen molar-refractivity contribution in [1.82, 2.24) is 0 Å². The van der Waals surface area contributed by atoms with Crippen molar-refractivity contribution in [2.45, 2.75) is 11.3 Å². The molecule has 0 bridgehead atoms. The van der Waals surface area contributed by atoms with Crippen molar-refractivity contribution in [3.8, 4) is 0 Å². The molecular formula is C13H11ClO. The van der Waals surface area contributed by atoms with E-state index in [-0.39, 0.29) is 0 Å². The number of hydrogen-bond donors (Lipinski definition) is 0. The third-order valence-corrected chi connectivity index (χ3v) is 2.82. The minimum absolute atomic E-state index is 0.554. The zero-order valence-electron chi connectivity index (χ0n) is 8.19. The molecule has 1 aromatic rings. The summed E-state index contributed by atoms with van der Waals surface area (Å²) in [4.78, 5) is 9.99. The maximum absolute atomic E-state index is 10.8. The Balaban J connectivity index is 2.30. The zero-order chi connectivity index (χ0) is 10.7. The number of carbonyl (C=O) groups excluding carboxylic acids is 1. The first-order chi connectivity index (χ1) is 7.23. The molecule has 0 saturated carbocycles. The molecule has 0 saturated heterocycles. The standard InChI is InChI=1S/C13H11ClO/c14-13(10-15)8-4-7-12(9-13)11-5-2-1-3-6-11/h1-8,10H,9H2. The molecule has 15 heavy (non-hydrogen) atoms. The van der Waals surface area contributed by atoms with Crippen molar-refractivity contribution in [3.05, 3.63) is 54.1 Å². The lowest BCUT2D eigenvalue weighted by Gasteiger charge is -2.21. The summed E-state index contributed by atoms with van der Waals surface area (Å²) in [5.41, 5.74) is 2.22. The molecule has 1 unspecified atom stereocenters. The monoisotopic (exact) mass is 218 g/mol. The highest BCUT2D eigenvalue weighted by Crippen LogP contribution is 2.32. The summed E-state index contributed by atoms with van der Waals surface area (Å²) >= 11 is 6.11. The predicted molar refractivity (Wildman–Crippen MR) is 62.8 cm³/mol. The molecule has 1 atom stereocenters. The van der Waals surface area contributed by atoms with Crippen molar-refractivity contribution < 1.29 is 4.79 Å². The SMILES string of the molecule is O=CC1(Cl)C=CC=C(c2ccccc2)C1. The topological polar surface area (TPSA) is 17.1 Å². The molecule has 0 spiro atoms. The fourth-order valence-electron chi connectivity index (χ4n) is 1.67. The lowest BCUT2D eigenvalue weighted by atomic mass is 9.90. The Morgan fingerprint density at radius 2 is 2.00 bits per heavy atom. The van der Waals surface area contributed by atoms with Gasteiger partial charge in [0, 0.05) is 6.42 Å². The lowest BCUT2D eigenvalue weighted by Crippen LogP contribution is -2.22. The first-order valence-corrected chi connectivity index (χ1v) is 5.20. The second-order valence-corrected chi connectivity index (χ2v) is 4.34. The summed E-state index contributed by atoms with van der Waals surface area (Å²) < 4.78 is 0. The summed E-state index contributed by atoms with van der Waals surface area (Å²) in [6, 6.07) is 9.97. The molecule has 76 valence electrons. The Morgan fingerprint density at radius 3 is 2.67 bits per heavy atom. The zero-order valence-corrected chi connectivity index (χ0v) is 8.95. The number of hydrogen-bond acceptors (Lipinski definition) is 1. The van der Waals surface area contributed by atoms with E-state index < -0.39 is 4.87 Å². The molecule has 0 radical (unpaired) electrons. The summed E-state index contributed by atoms with van der Waals surface area (Å²) in [7, 11) is 0. The molecule has 1 aliphatic carbocycles. The van der Waals surface area contributed by atoms with Crippen LogP contribution in [0.25, 0.3) is 5.57 Å². The van der Waals surface area contributed by atoms with E-state index in [0.29, 0.717) is 6.42 Å². The number of alkyl halides is 1. The van der Waals surface area contributed by atoms with Crippen LogP contribution in [0.2, 0.25) is 0 Å². The summed E-state index contributed by atoms with van der Waals surface area (Å²) in [5, 5.41) is 0. The van der Waals surface area contributed by atoms with Crippen molar-refractivity contribution in [2.75, 3.05) is 0 Å². The Morgan fingerprint density at radius 1 is 1.27 bits per heavy atom. The van der Waals surface area contributed by atoms with Gasteiger partial charge in [0.2, 0.25) is 0 Å². The van der Waals surface area contributed by atoms with Crippen LogP contribution >= 0.6 is 11.6 Å². The molecule has 1 nitrogen and oxygen atoms in total. The van der Waals surface area contributed by atoms with Gasteiger partial charge in [-0.2, -0.15) is 0 Å². The van der Waals surface area contributed by atoms with Crippen LogP contribution in [0.5, 0.6) is 0 Å². The molecule has 1 aliphatic rings. The van der Waals surface area contributed by atoms with Gasteiger partial charge in [0.1, 0.15) is 11.2 Å². The average molecular weight is 219 g/mol. The van der Waals surface area contributed by atoms with Gasteiger partial charge < -0.3 is 4.79 Å². The van der Waals surface area contributed by atoms with Crippen LogP contribution in [0.15, 0.2) is 48.6 Å². The Labute approximate surface area is 94.1 Å². The van der Waals surface area contributed by atoms with Gasteiger partial charge >= 0.3 is 0 Å². The Kier molecular flexibility index (Phi) is 2.74. The minimum Gasteiger partial charge on any atom is -0.301 e.